The lowest BCUT2D eigenvalue weighted by molar-refractivity contribution is -0.142. The Morgan fingerprint density at radius 2 is 1.31 bits per heavy atom. The number of carbonyl (C=O) groups is 2. The van der Waals surface area contributed by atoms with Crippen molar-refractivity contribution in [3.05, 3.63) is 106 Å². The lowest BCUT2D eigenvalue weighted by Gasteiger charge is -2.47. The molecule has 1 aliphatic heterocycles. The molecule has 0 aliphatic carbocycles. The number of anilines is 2. The molecule has 0 N–H and O–H groups in total. The van der Waals surface area contributed by atoms with Gasteiger partial charge in [-0.05, 0) is 67.9 Å². The molecule has 0 spiro atoms. The third-order valence-electron chi connectivity index (χ3n) is 5.75. The zero-order chi connectivity index (χ0) is 25.7. The van der Waals surface area contributed by atoms with Gasteiger partial charge in [0.05, 0.1) is 25.3 Å². The van der Waals surface area contributed by atoms with E-state index >= 15 is 0 Å². The summed E-state index contributed by atoms with van der Waals surface area (Å²) in [5.74, 6) is -1.18. The molecule has 6 nitrogen and oxygen atoms in total. The molecule has 1 atom stereocenters. The normalized spacial score (nSPS) is 15.6. The fraction of sp³-hybridized carbons (Fsp3) is 0.214. The highest BCUT2D eigenvalue weighted by Gasteiger charge is 2.42. The van der Waals surface area contributed by atoms with Crippen molar-refractivity contribution >= 4 is 46.5 Å². The van der Waals surface area contributed by atoms with Gasteiger partial charge in [-0.2, -0.15) is 0 Å². The van der Waals surface area contributed by atoms with Crippen molar-refractivity contribution in [2.24, 2.45) is 0 Å². The van der Waals surface area contributed by atoms with Crippen LogP contribution in [0.5, 0.6) is 0 Å². The predicted octanol–water partition coefficient (Wildman–Crippen LogP) is 6.40. The number of hydrogen-bond donors (Lipinski definition) is 0. The summed E-state index contributed by atoms with van der Waals surface area (Å²) in [5, 5.41) is 1.14. The summed E-state index contributed by atoms with van der Waals surface area (Å²) in [6.45, 7) is 3.91. The van der Waals surface area contributed by atoms with E-state index in [1.165, 1.54) is 0 Å². The Hall–Kier alpha value is -3.48. The van der Waals surface area contributed by atoms with Crippen LogP contribution in [-0.2, 0) is 19.1 Å². The summed E-state index contributed by atoms with van der Waals surface area (Å²) in [6.07, 6.45) is -0.494. The Labute approximate surface area is 220 Å². The molecule has 0 aromatic heterocycles. The van der Waals surface area contributed by atoms with Gasteiger partial charge in [0.25, 0.3) is 0 Å². The van der Waals surface area contributed by atoms with Gasteiger partial charge in [-0.25, -0.2) is 9.59 Å². The number of esters is 2. The SMILES string of the molecule is CCOC(=O)C1=C(C(=O)OCC)N(c2ccc(Cl)cc2)C(c2ccccc2)N(c2ccc(Cl)cc2)C1. The zero-order valence-corrected chi connectivity index (χ0v) is 21.5. The van der Waals surface area contributed by atoms with Gasteiger partial charge in [0.2, 0.25) is 0 Å². The van der Waals surface area contributed by atoms with Gasteiger partial charge in [0, 0.05) is 21.4 Å². The number of hydrogen-bond acceptors (Lipinski definition) is 6. The molecule has 1 heterocycles. The highest BCUT2D eigenvalue weighted by Crippen LogP contribution is 2.42. The topological polar surface area (TPSA) is 59.1 Å². The maximum absolute atomic E-state index is 13.4. The van der Waals surface area contributed by atoms with Crippen molar-refractivity contribution in [1.82, 2.24) is 0 Å². The number of benzene rings is 3. The lowest BCUT2D eigenvalue weighted by atomic mass is 9.99. The molecule has 0 fully saturated rings. The molecule has 186 valence electrons. The molecule has 1 unspecified atom stereocenters. The monoisotopic (exact) mass is 524 g/mol. The Morgan fingerprint density at radius 1 is 0.778 bits per heavy atom. The summed E-state index contributed by atoms with van der Waals surface area (Å²) in [4.78, 5) is 30.5. The molecule has 0 saturated carbocycles. The van der Waals surface area contributed by atoms with E-state index in [1.807, 2.05) is 64.4 Å². The third-order valence-corrected chi connectivity index (χ3v) is 6.25. The highest BCUT2D eigenvalue weighted by molar-refractivity contribution is 6.31. The fourth-order valence-electron chi connectivity index (χ4n) is 4.23. The summed E-state index contributed by atoms with van der Waals surface area (Å²) in [7, 11) is 0. The van der Waals surface area contributed by atoms with Crippen LogP contribution in [0.25, 0.3) is 0 Å². The first-order valence-corrected chi connectivity index (χ1v) is 12.4. The Bertz CT molecular complexity index is 1240. The summed E-state index contributed by atoms with van der Waals surface area (Å²) in [6, 6.07) is 24.2. The summed E-state index contributed by atoms with van der Waals surface area (Å²) < 4.78 is 10.8. The maximum Gasteiger partial charge on any atom is 0.355 e. The standard InChI is InChI=1S/C28H26Cl2N2O4/c1-3-35-27(33)24-18-31(22-14-10-20(29)11-15-22)26(19-8-6-5-7-9-19)32(25(24)28(34)36-4-2)23-16-12-21(30)13-17-23/h5-17,26H,3-4,18H2,1-2H3. The van der Waals surface area contributed by atoms with E-state index in [0.717, 1.165) is 11.3 Å². The van der Waals surface area contributed by atoms with Crippen molar-refractivity contribution in [2.45, 2.75) is 20.0 Å². The number of rotatable bonds is 7. The largest absolute Gasteiger partial charge is 0.463 e. The van der Waals surface area contributed by atoms with Gasteiger partial charge >= 0.3 is 11.9 Å². The van der Waals surface area contributed by atoms with Gasteiger partial charge in [0.1, 0.15) is 11.9 Å². The molecular weight excluding hydrogens is 499 g/mol. The predicted molar refractivity (Wildman–Crippen MR) is 142 cm³/mol. The fourth-order valence-corrected chi connectivity index (χ4v) is 4.48. The molecule has 4 rings (SSSR count). The van der Waals surface area contributed by atoms with Crippen molar-refractivity contribution < 1.29 is 19.1 Å². The van der Waals surface area contributed by atoms with E-state index in [0.29, 0.717) is 15.7 Å². The van der Waals surface area contributed by atoms with Crippen LogP contribution in [0, 0.1) is 0 Å². The first-order chi connectivity index (χ1) is 17.4. The molecule has 1 aliphatic rings. The molecule has 3 aromatic rings. The minimum Gasteiger partial charge on any atom is -0.463 e. The van der Waals surface area contributed by atoms with Crippen LogP contribution >= 0.6 is 23.2 Å². The van der Waals surface area contributed by atoms with E-state index < -0.39 is 18.1 Å². The number of carbonyl (C=O) groups excluding carboxylic acids is 2. The molecule has 0 bridgehead atoms. The highest BCUT2D eigenvalue weighted by atomic mass is 35.5. The Balaban J connectivity index is 2.02. The van der Waals surface area contributed by atoms with Crippen LogP contribution in [0.4, 0.5) is 11.4 Å². The van der Waals surface area contributed by atoms with Gasteiger partial charge in [-0.1, -0.05) is 53.5 Å². The second-order valence-electron chi connectivity index (χ2n) is 8.00. The second kappa shape index (κ2) is 11.5. The van der Waals surface area contributed by atoms with Gasteiger partial charge in [0.15, 0.2) is 0 Å². The van der Waals surface area contributed by atoms with Gasteiger partial charge < -0.3 is 19.3 Å². The lowest BCUT2D eigenvalue weighted by Crippen LogP contribution is -2.50. The summed E-state index contributed by atoms with van der Waals surface area (Å²) in [5.41, 5.74) is 2.73. The first kappa shape index (κ1) is 25.6. The summed E-state index contributed by atoms with van der Waals surface area (Å²) >= 11 is 12.4. The first-order valence-electron chi connectivity index (χ1n) is 11.6. The van der Waals surface area contributed by atoms with Crippen molar-refractivity contribution in [2.75, 3.05) is 29.6 Å². The van der Waals surface area contributed by atoms with Crippen LogP contribution in [0.3, 0.4) is 0 Å². The van der Waals surface area contributed by atoms with E-state index in [2.05, 4.69) is 0 Å². The van der Waals surface area contributed by atoms with Gasteiger partial charge in [-0.15, -0.1) is 0 Å². The number of halogens is 2. The van der Waals surface area contributed by atoms with E-state index in [9.17, 15) is 9.59 Å². The van der Waals surface area contributed by atoms with Crippen molar-refractivity contribution in [3.8, 4) is 0 Å². The van der Waals surface area contributed by atoms with Crippen LogP contribution in [0.1, 0.15) is 25.6 Å². The minimum absolute atomic E-state index is 0.123. The maximum atomic E-state index is 13.4. The molecule has 0 amide bonds. The molecule has 0 saturated heterocycles. The minimum atomic E-state index is -0.604. The van der Waals surface area contributed by atoms with Crippen molar-refractivity contribution in [1.29, 1.82) is 0 Å². The smallest absolute Gasteiger partial charge is 0.355 e. The second-order valence-corrected chi connectivity index (χ2v) is 8.88. The number of ether oxygens (including phenoxy) is 2. The Morgan fingerprint density at radius 3 is 1.86 bits per heavy atom. The van der Waals surface area contributed by atoms with E-state index in [1.54, 1.807) is 38.1 Å². The average molecular weight is 525 g/mol. The molecular formula is C28H26Cl2N2O4. The molecule has 0 radical (unpaired) electrons. The molecule has 36 heavy (non-hydrogen) atoms. The van der Waals surface area contributed by atoms with Crippen LogP contribution in [0.2, 0.25) is 10.0 Å². The third kappa shape index (κ3) is 5.35. The molecule has 8 heteroatoms. The number of nitrogens with zero attached hydrogens (tertiary/aromatic N) is 2. The quantitative estimate of drug-likeness (QED) is 0.333. The van der Waals surface area contributed by atoms with E-state index in [-0.39, 0.29) is 31.0 Å². The van der Waals surface area contributed by atoms with E-state index in [4.69, 9.17) is 32.7 Å². The zero-order valence-electron chi connectivity index (χ0n) is 20.0. The van der Waals surface area contributed by atoms with Crippen LogP contribution in [0.15, 0.2) is 90.1 Å². The van der Waals surface area contributed by atoms with Crippen LogP contribution in [-0.4, -0.2) is 31.7 Å². The average Bonchev–Trinajstić information content (AvgIpc) is 2.89. The van der Waals surface area contributed by atoms with Crippen LogP contribution < -0.4 is 9.80 Å². The molecule has 3 aromatic carbocycles. The van der Waals surface area contributed by atoms with Crippen molar-refractivity contribution in [3.63, 3.8) is 0 Å². The Kier molecular flexibility index (Phi) is 8.18. The van der Waals surface area contributed by atoms with Gasteiger partial charge in [-0.3, -0.25) is 0 Å².